The Morgan fingerprint density at radius 2 is 1.86 bits per heavy atom. The molecular formula is C46H35N3S2. The predicted octanol–water partition coefficient (Wildman–Crippen LogP) is 12.2. The standard InChI is InChI=1S/C46H35N3S2/c1-4-48-39(28-32-16-8-6-9-17-32)46(45(47-48)33-18-10-5-7-15-30(2)27-33)49(34-23-25-42-37(29-34)35-19-11-13-21-40(35)50-42)38-24-26-43-44(31(38)3)36-20-12-14-22-41(36)51-43/h1,6,8-9,11-16,19-29,31,44H,7,17-18H2,2-3H3/b30-15-,32-28-,33-27+. The molecule has 0 saturated carbocycles. The van der Waals surface area contributed by atoms with Crippen LogP contribution in [-0.2, 0) is 0 Å². The summed E-state index contributed by atoms with van der Waals surface area (Å²) >= 11 is 3.74. The van der Waals surface area contributed by atoms with Crippen LogP contribution in [0.5, 0.6) is 0 Å². The molecule has 3 aromatic carbocycles. The number of fused-ring (bicyclic) bond motifs is 6. The van der Waals surface area contributed by atoms with Crippen LogP contribution < -0.4 is 4.90 Å². The molecule has 2 aromatic heterocycles. The summed E-state index contributed by atoms with van der Waals surface area (Å²) in [5, 5.41) is 7.76. The molecule has 9 rings (SSSR count). The first-order valence-corrected chi connectivity index (χ1v) is 19.1. The topological polar surface area (TPSA) is 21.1 Å². The molecule has 5 heteroatoms. The molecule has 0 spiro atoms. The fraction of sp³-hybridized carbons (Fsp3) is 0.152. The lowest BCUT2D eigenvalue weighted by Crippen LogP contribution is -2.27. The maximum Gasteiger partial charge on any atom is 0.115 e. The third-order valence-electron chi connectivity index (χ3n) is 10.2. The Hall–Kier alpha value is -5.46. The summed E-state index contributed by atoms with van der Waals surface area (Å²) in [6.07, 6.45) is 28.4. The van der Waals surface area contributed by atoms with Crippen LogP contribution in [0.2, 0.25) is 0 Å². The van der Waals surface area contributed by atoms with Gasteiger partial charge < -0.3 is 4.90 Å². The minimum atomic E-state index is 0.170. The molecule has 0 saturated heterocycles. The Balaban J connectivity index is 1.34. The molecule has 2 unspecified atom stereocenters. The highest BCUT2D eigenvalue weighted by Crippen LogP contribution is 2.57. The fourth-order valence-electron chi connectivity index (χ4n) is 7.74. The molecule has 1 aliphatic heterocycles. The van der Waals surface area contributed by atoms with Crippen molar-refractivity contribution in [2.45, 2.75) is 43.9 Å². The summed E-state index contributed by atoms with van der Waals surface area (Å²) in [6.45, 7) is 4.52. The Bertz CT molecular complexity index is 2590. The summed E-state index contributed by atoms with van der Waals surface area (Å²) in [5.74, 6) is 7.18. The zero-order chi connectivity index (χ0) is 34.5. The number of thiophene rings is 1. The minimum absolute atomic E-state index is 0.170. The molecule has 51 heavy (non-hydrogen) atoms. The van der Waals surface area contributed by atoms with E-state index in [0.717, 1.165) is 41.2 Å². The third-order valence-corrected chi connectivity index (χ3v) is 12.5. The lowest BCUT2D eigenvalue weighted by Gasteiger charge is -2.36. The summed E-state index contributed by atoms with van der Waals surface area (Å²) in [6, 6.07) is 27.4. The zero-order valence-corrected chi connectivity index (χ0v) is 30.2. The average molecular weight is 694 g/mol. The highest BCUT2D eigenvalue weighted by atomic mass is 32.2. The SMILES string of the molecule is C#Cn1nc(/C2=C/C(C)=C\CC#CC2)c(N(C2=CC=C3Sc4ccccc4C3C2C)c2ccc3sc4ccccc4c3c2)c1/C=C1/C=CC=CC1. The second-order valence-electron chi connectivity index (χ2n) is 13.4. The predicted molar refractivity (Wildman–Crippen MR) is 218 cm³/mol. The first kappa shape index (κ1) is 31.5. The van der Waals surface area contributed by atoms with E-state index in [4.69, 9.17) is 11.5 Å². The number of hydrogen-bond acceptors (Lipinski definition) is 4. The lowest BCUT2D eigenvalue weighted by molar-refractivity contribution is 0.581. The van der Waals surface area contributed by atoms with Gasteiger partial charge in [-0.1, -0.05) is 115 Å². The maximum atomic E-state index is 6.33. The lowest BCUT2D eigenvalue weighted by atomic mass is 9.81. The van der Waals surface area contributed by atoms with Gasteiger partial charge in [-0.25, -0.2) is 0 Å². The van der Waals surface area contributed by atoms with Crippen LogP contribution in [0.25, 0.3) is 31.8 Å². The van der Waals surface area contributed by atoms with Gasteiger partial charge in [-0.05, 0) is 83.5 Å². The normalized spacial score (nSPS) is 22.0. The highest BCUT2D eigenvalue weighted by Gasteiger charge is 2.39. The first-order valence-electron chi connectivity index (χ1n) is 17.4. The van der Waals surface area contributed by atoms with Gasteiger partial charge in [0.25, 0.3) is 0 Å². The third kappa shape index (κ3) is 5.55. The summed E-state index contributed by atoms with van der Waals surface area (Å²) in [7, 11) is 0. The van der Waals surface area contributed by atoms with Crippen LogP contribution in [0, 0.1) is 30.2 Å². The molecular weight excluding hydrogens is 659 g/mol. The van der Waals surface area contributed by atoms with Crippen molar-refractivity contribution in [2.75, 3.05) is 4.90 Å². The molecule has 5 aromatic rings. The number of benzene rings is 3. The van der Waals surface area contributed by atoms with Crippen molar-refractivity contribution in [3.8, 4) is 24.3 Å². The number of allylic oxidation sites excluding steroid dienone is 13. The van der Waals surface area contributed by atoms with Crippen molar-refractivity contribution in [1.82, 2.24) is 9.78 Å². The van der Waals surface area contributed by atoms with Gasteiger partial charge in [-0.15, -0.1) is 11.3 Å². The van der Waals surface area contributed by atoms with Gasteiger partial charge in [0.05, 0.1) is 0 Å². The Labute approximate surface area is 307 Å². The molecule has 0 bridgehead atoms. The minimum Gasteiger partial charge on any atom is -0.310 e. The van der Waals surface area contributed by atoms with E-state index >= 15 is 0 Å². The second kappa shape index (κ2) is 13.0. The molecule has 0 amide bonds. The smallest absolute Gasteiger partial charge is 0.115 e. The van der Waals surface area contributed by atoms with Gasteiger partial charge in [0.2, 0.25) is 0 Å². The number of hydrogen-bond donors (Lipinski definition) is 0. The second-order valence-corrected chi connectivity index (χ2v) is 15.6. The maximum absolute atomic E-state index is 6.33. The van der Waals surface area contributed by atoms with Crippen molar-refractivity contribution < 1.29 is 0 Å². The van der Waals surface area contributed by atoms with Gasteiger partial charge in [0.15, 0.2) is 0 Å². The van der Waals surface area contributed by atoms with E-state index in [9.17, 15) is 0 Å². The van der Waals surface area contributed by atoms with Gasteiger partial charge in [0, 0.05) is 67.2 Å². The number of aromatic nitrogens is 2. The van der Waals surface area contributed by atoms with E-state index in [1.54, 1.807) is 4.68 Å². The van der Waals surface area contributed by atoms with Gasteiger partial charge >= 0.3 is 0 Å². The van der Waals surface area contributed by atoms with Crippen molar-refractivity contribution >= 4 is 66.3 Å². The zero-order valence-electron chi connectivity index (χ0n) is 28.6. The molecule has 3 aliphatic carbocycles. The quantitative estimate of drug-likeness (QED) is 0.171. The molecule has 0 fully saturated rings. The van der Waals surface area contributed by atoms with Crippen molar-refractivity contribution in [2.24, 2.45) is 5.92 Å². The van der Waals surface area contributed by atoms with E-state index in [1.807, 2.05) is 23.1 Å². The van der Waals surface area contributed by atoms with E-state index in [1.165, 1.54) is 52.4 Å². The molecule has 4 aliphatic rings. The molecule has 3 nitrogen and oxygen atoms in total. The molecule has 2 atom stereocenters. The van der Waals surface area contributed by atoms with Gasteiger partial charge in [0.1, 0.15) is 17.1 Å². The molecule has 246 valence electrons. The molecule has 3 heterocycles. The number of nitrogens with zero attached hydrogens (tertiary/aromatic N) is 3. The Kier molecular flexibility index (Phi) is 8.04. The molecule has 0 N–H and O–H groups in total. The van der Waals surface area contributed by atoms with Crippen LogP contribution in [0.4, 0.5) is 11.4 Å². The van der Waals surface area contributed by atoms with Crippen molar-refractivity contribution in [1.29, 1.82) is 0 Å². The average Bonchev–Trinajstić information content (AvgIpc) is 3.83. The summed E-state index contributed by atoms with van der Waals surface area (Å²) < 4.78 is 4.29. The fourth-order valence-corrected chi connectivity index (χ4v) is 10.1. The number of anilines is 2. The number of thioether (sulfide) groups is 1. The Morgan fingerprint density at radius 3 is 2.75 bits per heavy atom. The van der Waals surface area contributed by atoms with Gasteiger partial charge in [-0.3, -0.25) is 0 Å². The van der Waals surface area contributed by atoms with Crippen LogP contribution in [-0.4, -0.2) is 9.78 Å². The Morgan fingerprint density at radius 1 is 1.00 bits per heavy atom. The summed E-state index contributed by atoms with van der Waals surface area (Å²) in [4.78, 5) is 5.20. The molecule has 0 radical (unpaired) electrons. The largest absolute Gasteiger partial charge is 0.310 e. The van der Waals surface area contributed by atoms with Crippen molar-refractivity contribution in [3.63, 3.8) is 0 Å². The summed E-state index contributed by atoms with van der Waals surface area (Å²) in [5.41, 5.74) is 9.84. The van der Waals surface area contributed by atoms with E-state index in [0.29, 0.717) is 6.42 Å². The van der Waals surface area contributed by atoms with Crippen LogP contribution in [0.1, 0.15) is 56.0 Å². The number of terminal acetylenes is 1. The van der Waals surface area contributed by atoms with E-state index < -0.39 is 0 Å². The monoisotopic (exact) mass is 693 g/mol. The van der Waals surface area contributed by atoms with Crippen molar-refractivity contribution in [3.05, 3.63) is 154 Å². The van der Waals surface area contributed by atoms with Crippen LogP contribution in [0.3, 0.4) is 0 Å². The van der Waals surface area contributed by atoms with Crippen LogP contribution in [0.15, 0.2) is 142 Å². The highest BCUT2D eigenvalue weighted by molar-refractivity contribution is 8.03. The van der Waals surface area contributed by atoms with E-state index in [2.05, 4.69) is 158 Å². The van der Waals surface area contributed by atoms with Gasteiger partial charge in [-0.2, -0.15) is 9.78 Å². The number of rotatable bonds is 5. The van der Waals surface area contributed by atoms with Crippen LogP contribution >= 0.6 is 23.1 Å². The first-order chi connectivity index (χ1) is 25.1. The van der Waals surface area contributed by atoms with E-state index in [-0.39, 0.29) is 11.8 Å².